The summed E-state index contributed by atoms with van der Waals surface area (Å²) in [5.41, 5.74) is 6.98. The van der Waals surface area contributed by atoms with E-state index < -0.39 is 0 Å². The van der Waals surface area contributed by atoms with Crippen molar-refractivity contribution >= 4 is 5.91 Å². The maximum absolute atomic E-state index is 12.0. The van der Waals surface area contributed by atoms with Crippen LogP contribution in [0, 0.1) is 5.92 Å². The molecule has 0 radical (unpaired) electrons. The van der Waals surface area contributed by atoms with Crippen LogP contribution in [0.5, 0.6) is 0 Å². The van der Waals surface area contributed by atoms with Crippen LogP contribution in [-0.2, 0) is 11.2 Å². The lowest BCUT2D eigenvalue weighted by Crippen LogP contribution is -2.40. The lowest BCUT2D eigenvalue weighted by Gasteiger charge is -2.23. The molecule has 0 fully saturated rings. The molecular weight excluding hydrogens is 212 g/mol. The summed E-state index contributed by atoms with van der Waals surface area (Å²) >= 11 is 0. The van der Waals surface area contributed by atoms with Crippen molar-refractivity contribution in [2.24, 2.45) is 11.7 Å². The summed E-state index contributed by atoms with van der Waals surface area (Å²) in [5, 5.41) is 0. The van der Waals surface area contributed by atoms with Gasteiger partial charge >= 0.3 is 0 Å². The Hall–Kier alpha value is -1.35. The Kier molecular flexibility index (Phi) is 5.16. The monoisotopic (exact) mass is 234 g/mol. The minimum atomic E-state index is -0.115. The Bertz CT molecular complexity index is 348. The largest absolute Gasteiger partial charge is 0.345 e. The molecule has 1 rings (SSSR count). The number of nitrogens with two attached hydrogens (primary N) is 1. The first-order chi connectivity index (χ1) is 8.02. The summed E-state index contributed by atoms with van der Waals surface area (Å²) in [5.74, 6) is 0.00621. The minimum absolute atomic E-state index is 0.0957. The SMILES string of the molecule is CC(N)C(C)C(=O)N(C)CCc1ccccc1. The Balaban J connectivity index is 2.45. The van der Waals surface area contributed by atoms with Gasteiger partial charge in [0.2, 0.25) is 5.91 Å². The number of carbonyl (C=O) groups is 1. The van der Waals surface area contributed by atoms with Gasteiger partial charge in [-0.15, -0.1) is 0 Å². The molecule has 3 heteroatoms. The number of hydrogen-bond donors (Lipinski definition) is 1. The fourth-order valence-corrected chi connectivity index (χ4v) is 1.62. The van der Waals surface area contributed by atoms with Gasteiger partial charge in [-0.1, -0.05) is 37.3 Å². The third kappa shape index (κ3) is 4.19. The predicted molar refractivity (Wildman–Crippen MR) is 70.6 cm³/mol. The third-order valence-corrected chi connectivity index (χ3v) is 3.13. The molecule has 0 heterocycles. The van der Waals surface area contributed by atoms with Crippen LogP contribution < -0.4 is 5.73 Å². The highest BCUT2D eigenvalue weighted by Gasteiger charge is 2.20. The van der Waals surface area contributed by atoms with E-state index >= 15 is 0 Å². The predicted octanol–water partition coefficient (Wildman–Crippen LogP) is 1.67. The van der Waals surface area contributed by atoms with E-state index in [-0.39, 0.29) is 17.9 Å². The molecule has 0 aromatic heterocycles. The van der Waals surface area contributed by atoms with Crippen LogP contribution >= 0.6 is 0 Å². The van der Waals surface area contributed by atoms with Crippen molar-refractivity contribution in [3.8, 4) is 0 Å². The summed E-state index contributed by atoms with van der Waals surface area (Å²) in [6, 6.07) is 10.1. The molecule has 2 unspecified atom stereocenters. The summed E-state index contributed by atoms with van der Waals surface area (Å²) in [7, 11) is 1.84. The van der Waals surface area contributed by atoms with Crippen molar-refractivity contribution in [3.63, 3.8) is 0 Å². The smallest absolute Gasteiger partial charge is 0.226 e. The molecule has 1 aromatic carbocycles. The first-order valence-corrected chi connectivity index (χ1v) is 6.07. The van der Waals surface area contributed by atoms with Crippen LogP contribution in [0.2, 0.25) is 0 Å². The van der Waals surface area contributed by atoms with Crippen LogP contribution in [0.1, 0.15) is 19.4 Å². The number of amides is 1. The Morgan fingerprint density at radius 2 is 1.88 bits per heavy atom. The zero-order valence-electron chi connectivity index (χ0n) is 10.9. The first-order valence-electron chi connectivity index (χ1n) is 6.07. The van der Waals surface area contributed by atoms with Gasteiger partial charge in [0.15, 0.2) is 0 Å². The Labute approximate surface area is 104 Å². The molecule has 2 atom stereocenters. The molecule has 0 spiro atoms. The minimum Gasteiger partial charge on any atom is -0.345 e. The zero-order valence-corrected chi connectivity index (χ0v) is 10.9. The molecule has 94 valence electrons. The van der Waals surface area contributed by atoms with Gasteiger partial charge in [0.1, 0.15) is 0 Å². The van der Waals surface area contributed by atoms with E-state index in [4.69, 9.17) is 5.73 Å². The van der Waals surface area contributed by atoms with E-state index in [1.807, 2.05) is 39.1 Å². The molecule has 2 N–H and O–H groups in total. The van der Waals surface area contributed by atoms with Gasteiger partial charge in [0, 0.05) is 19.6 Å². The number of carbonyl (C=O) groups excluding carboxylic acids is 1. The summed E-state index contributed by atoms with van der Waals surface area (Å²) in [6.45, 7) is 4.49. The fraction of sp³-hybridized carbons (Fsp3) is 0.500. The maximum atomic E-state index is 12.0. The van der Waals surface area contributed by atoms with Gasteiger partial charge in [-0.05, 0) is 18.9 Å². The van der Waals surface area contributed by atoms with Crippen LogP contribution in [0.3, 0.4) is 0 Å². The summed E-state index contributed by atoms with van der Waals surface area (Å²) in [4.78, 5) is 13.7. The number of likely N-dealkylation sites (N-methyl/N-ethyl adjacent to an activating group) is 1. The van der Waals surface area contributed by atoms with Gasteiger partial charge < -0.3 is 10.6 Å². The van der Waals surface area contributed by atoms with Crippen LogP contribution in [0.4, 0.5) is 0 Å². The molecular formula is C14H22N2O. The second-order valence-electron chi connectivity index (χ2n) is 4.64. The summed E-state index contributed by atoms with van der Waals surface area (Å²) < 4.78 is 0. The highest BCUT2D eigenvalue weighted by Crippen LogP contribution is 2.06. The van der Waals surface area contributed by atoms with E-state index in [1.54, 1.807) is 4.90 Å². The maximum Gasteiger partial charge on any atom is 0.226 e. The molecule has 0 bridgehead atoms. The standard InChI is InChI=1S/C14H22N2O/c1-11(12(2)15)14(17)16(3)10-9-13-7-5-4-6-8-13/h4-8,11-12H,9-10,15H2,1-3H3. The van der Waals surface area contributed by atoms with E-state index in [9.17, 15) is 4.79 Å². The summed E-state index contributed by atoms with van der Waals surface area (Å²) in [6.07, 6.45) is 0.884. The molecule has 1 amide bonds. The normalized spacial score (nSPS) is 14.1. The molecule has 0 saturated heterocycles. The molecule has 0 aliphatic carbocycles. The second kappa shape index (κ2) is 6.40. The van der Waals surface area contributed by atoms with Crippen molar-refractivity contribution in [1.82, 2.24) is 4.90 Å². The topological polar surface area (TPSA) is 46.3 Å². The van der Waals surface area contributed by atoms with Crippen molar-refractivity contribution < 1.29 is 4.79 Å². The van der Waals surface area contributed by atoms with E-state index in [0.29, 0.717) is 0 Å². The lowest BCUT2D eigenvalue weighted by molar-refractivity contribution is -0.134. The van der Waals surface area contributed by atoms with Gasteiger partial charge in [0.05, 0.1) is 5.92 Å². The molecule has 3 nitrogen and oxygen atoms in total. The lowest BCUT2D eigenvalue weighted by atomic mass is 10.0. The number of rotatable bonds is 5. The van der Waals surface area contributed by atoms with E-state index in [0.717, 1.165) is 13.0 Å². The quantitative estimate of drug-likeness (QED) is 0.842. The molecule has 17 heavy (non-hydrogen) atoms. The first kappa shape index (κ1) is 13.7. The van der Waals surface area contributed by atoms with Crippen molar-refractivity contribution in [1.29, 1.82) is 0 Å². The van der Waals surface area contributed by atoms with Gasteiger partial charge in [-0.25, -0.2) is 0 Å². The van der Waals surface area contributed by atoms with Crippen molar-refractivity contribution in [3.05, 3.63) is 35.9 Å². The number of hydrogen-bond acceptors (Lipinski definition) is 2. The zero-order chi connectivity index (χ0) is 12.8. The third-order valence-electron chi connectivity index (χ3n) is 3.13. The number of nitrogens with zero attached hydrogens (tertiary/aromatic N) is 1. The average molecular weight is 234 g/mol. The van der Waals surface area contributed by atoms with Crippen molar-refractivity contribution in [2.45, 2.75) is 26.3 Å². The second-order valence-corrected chi connectivity index (χ2v) is 4.64. The van der Waals surface area contributed by atoms with Gasteiger partial charge in [-0.3, -0.25) is 4.79 Å². The molecule has 1 aromatic rings. The van der Waals surface area contributed by atoms with Crippen LogP contribution in [0.25, 0.3) is 0 Å². The Morgan fingerprint density at radius 3 is 2.41 bits per heavy atom. The number of benzene rings is 1. The average Bonchev–Trinajstić information content (AvgIpc) is 2.35. The van der Waals surface area contributed by atoms with E-state index in [2.05, 4.69) is 12.1 Å². The van der Waals surface area contributed by atoms with Gasteiger partial charge in [0.25, 0.3) is 0 Å². The highest BCUT2D eigenvalue weighted by molar-refractivity contribution is 5.78. The fourth-order valence-electron chi connectivity index (χ4n) is 1.62. The highest BCUT2D eigenvalue weighted by atomic mass is 16.2. The van der Waals surface area contributed by atoms with E-state index in [1.165, 1.54) is 5.56 Å². The van der Waals surface area contributed by atoms with Crippen LogP contribution in [0.15, 0.2) is 30.3 Å². The van der Waals surface area contributed by atoms with Crippen LogP contribution in [-0.4, -0.2) is 30.4 Å². The molecule has 0 aliphatic rings. The Morgan fingerprint density at radius 1 is 1.29 bits per heavy atom. The molecule has 0 saturated carbocycles. The van der Waals surface area contributed by atoms with Crippen molar-refractivity contribution in [2.75, 3.05) is 13.6 Å². The van der Waals surface area contributed by atoms with Gasteiger partial charge in [-0.2, -0.15) is 0 Å². The molecule has 0 aliphatic heterocycles.